The molecule has 0 heterocycles. The second-order valence-corrected chi connectivity index (χ2v) is 27.9. The fourth-order valence-corrected chi connectivity index (χ4v) is 11.5. The van der Waals surface area contributed by atoms with E-state index in [1.807, 2.05) is 33.3 Å². The molecule has 1 amide bonds. The fraction of sp³-hybridized carbons (Fsp3) is 0.795. The summed E-state index contributed by atoms with van der Waals surface area (Å²) in [6.45, 7) is 6.99. The molecular weight excluding hydrogens is 1110 g/mol. The first-order valence-electron chi connectivity index (χ1n) is 37.4. The Labute approximate surface area is 546 Å². The minimum Gasteiger partial charge on any atom is -0.456 e. The Kier molecular flexibility index (Phi) is 64.9. The van der Waals surface area contributed by atoms with Crippen LogP contribution in [-0.4, -0.2) is 74.3 Å². The van der Waals surface area contributed by atoms with Crippen molar-refractivity contribution in [1.29, 1.82) is 0 Å². The van der Waals surface area contributed by atoms with Crippen LogP contribution in [0.2, 0.25) is 0 Å². The van der Waals surface area contributed by atoms with Crippen LogP contribution in [0.1, 0.15) is 348 Å². The number of hydrogen-bond donors (Lipinski definition) is 2. The Morgan fingerprint density at radius 3 is 1.06 bits per heavy atom. The van der Waals surface area contributed by atoms with Crippen molar-refractivity contribution in [3.63, 3.8) is 0 Å². The summed E-state index contributed by atoms with van der Waals surface area (Å²) in [4.78, 5) is 38.0. The molecule has 0 radical (unpaired) electrons. The van der Waals surface area contributed by atoms with E-state index in [-0.39, 0.29) is 31.5 Å². The van der Waals surface area contributed by atoms with Gasteiger partial charge in [-0.1, -0.05) is 312 Å². The van der Waals surface area contributed by atoms with Crippen molar-refractivity contribution in [3.05, 3.63) is 85.1 Å². The number of phosphoric acid groups is 1. The van der Waals surface area contributed by atoms with Gasteiger partial charge in [-0.15, -0.1) is 0 Å². The van der Waals surface area contributed by atoms with Gasteiger partial charge < -0.3 is 19.4 Å². The lowest BCUT2D eigenvalue weighted by Gasteiger charge is -2.27. The number of allylic oxidation sites excluding steroid dienone is 13. The quantitative estimate of drug-likeness (QED) is 0.0205. The number of rotatable bonds is 68. The fourth-order valence-electron chi connectivity index (χ4n) is 10.8. The maximum atomic E-state index is 13.6. The molecule has 3 atom stereocenters. The summed E-state index contributed by atoms with van der Waals surface area (Å²) < 4.78 is 30.9. The first-order valence-corrected chi connectivity index (χ1v) is 38.9. The SMILES string of the molecule is CCCCC/C=C\C/C=C\C/C=C\CCCCCCCCCCCCCCC(=O)NC(COP(=O)(O)OCC[N+](C)(C)C)C(/C=C/CCCCCCCCCCCC)OC(=O)CCCCCCCCCCCCCC/C=C\C/C=C\C/C=C\CCCCC. The van der Waals surface area contributed by atoms with Crippen LogP contribution >= 0.6 is 7.82 Å². The van der Waals surface area contributed by atoms with Gasteiger partial charge in [0.05, 0.1) is 33.8 Å². The van der Waals surface area contributed by atoms with Gasteiger partial charge in [-0.25, -0.2) is 4.57 Å². The summed E-state index contributed by atoms with van der Waals surface area (Å²) in [5.74, 6) is -0.500. The molecule has 10 heteroatoms. The number of likely N-dealkylation sites (N-methyl/N-ethyl adjacent to an activating group) is 1. The van der Waals surface area contributed by atoms with Crippen LogP contribution in [0.15, 0.2) is 85.1 Å². The largest absolute Gasteiger partial charge is 0.472 e. The lowest BCUT2D eigenvalue weighted by Crippen LogP contribution is -2.47. The molecule has 0 aliphatic rings. The summed E-state index contributed by atoms with van der Waals surface area (Å²) in [6.07, 6.45) is 90.2. The minimum atomic E-state index is -4.46. The highest BCUT2D eigenvalue weighted by Gasteiger charge is 2.30. The first kappa shape index (κ1) is 85.2. The summed E-state index contributed by atoms with van der Waals surface area (Å²) in [5.41, 5.74) is 0. The molecule has 0 aromatic rings. The average molecular weight is 1250 g/mol. The summed E-state index contributed by atoms with van der Waals surface area (Å²) in [6, 6.07) is -0.854. The number of quaternary nitrogens is 1. The van der Waals surface area contributed by atoms with Crippen LogP contribution in [0.3, 0.4) is 0 Å². The number of carbonyl (C=O) groups is 2. The molecule has 0 aliphatic heterocycles. The Morgan fingerprint density at radius 1 is 0.398 bits per heavy atom. The molecule has 0 aromatic heterocycles. The van der Waals surface area contributed by atoms with Gasteiger partial charge in [0.15, 0.2) is 0 Å². The Balaban J connectivity index is 5.01. The van der Waals surface area contributed by atoms with Gasteiger partial charge in [-0.3, -0.25) is 18.6 Å². The molecule has 88 heavy (non-hydrogen) atoms. The molecule has 512 valence electrons. The molecule has 9 nitrogen and oxygen atoms in total. The predicted octanol–water partition coefficient (Wildman–Crippen LogP) is 24.1. The zero-order chi connectivity index (χ0) is 64.2. The smallest absolute Gasteiger partial charge is 0.456 e. The zero-order valence-electron chi connectivity index (χ0n) is 58.7. The lowest BCUT2D eigenvalue weighted by molar-refractivity contribution is -0.870. The van der Waals surface area contributed by atoms with E-state index < -0.39 is 20.0 Å². The monoisotopic (exact) mass is 1250 g/mol. The first-order chi connectivity index (χ1) is 42.9. The lowest BCUT2D eigenvalue weighted by atomic mass is 10.0. The Morgan fingerprint density at radius 2 is 0.693 bits per heavy atom. The van der Waals surface area contributed by atoms with Crippen molar-refractivity contribution in [2.45, 2.75) is 360 Å². The van der Waals surface area contributed by atoms with Crippen molar-refractivity contribution >= 4 is 19.7 Å². The molecule has 0 saturated carbocycles. The topological polar surface area (TPSA) is 111 Å². The third-order valence-corrected chi connectivity index (χ3v) is 17.5. The normalized spacial score (nSPS) is 13.9. The molecule has 0 bridgehead atoms. The van der Waals surface area contributed by atoms with Crippen molar-refractivity contribution in [2.24, 2.45) is 0 Å². The van der Waals surface area contributed by atoms with Crippen LogP contribution in [-0.2, 0) is 27.9 Å². The van der Waals surface area contributed by atoms with Crippen LogP contribution in [0.25, 0.3) is 0 Å². The Hall–Kier alpha value is -2.81. The maximum absolute atomic E-state index is 13.6. The summed E-state index contributed by atoms with van der Waals surface area (Å²) in [7, 11) is 1.50. The molecule has 0 spiro atoms. The molecule has 0 aliphatic carbocycles. The van der Waals surface area contributed by atoms with Crippen molar-refractivity contribution < 1.29 is 37.3 Å². The number of amides is 1. The van der Waals surface area contributed by atoms with Gasteiger partial charge in [-0.2, -0.15) is 0 Å². The van der Waals surface area contributed by atoms with Gasteiger partial charge >= 0.3 is 13.8 Å². The second kappa shape index (κ2) is 67.1. The van der Waals surface area contributed by atoms with Crippen LogP contribution in [0.4, 0.5) is 0 Å². The van der Waals surface area contributed by atoms with Crippen molar-refractivity contribution in [2.75, 3.05) is 40.9 Å². The van der Waals surface area contributed by atoms with Gasteiger partial charge in [0.1, 0.15) is 19.3 Å². The molecular formula is C78H144N2O7P+. The molecule has 0 rings (SSSR count). The highest BCUT2D eigenvalue weighted by molar-refractivity contribution is 7.47. The standard InChI is InChI=1S/C78H143N2O7P/c1-7-10-13-16-19-22-25-28-30-32-34-36-38-40-42-44-46-48-50-52-55-58-61-64-67-70-77(81)79-75(74-86-88(83,84)85-73-72-80(4,5)6)76(69-66-63-60-57-54-27-24-21-18-15-12-9-3)87-78(82)71-68-65-62-59-56-53-51-49-47-45-43-41-39-37-35-33-31-29-26-23-20-17-14-11-8-2/h19-20,22-23,28-31,34-37,66,69,75-76H,7-18,21,24-27,32-33,38-65,67-68,70-74H2,1-6H3,(H-,79,81,83,84)/p+1/b22-19-,23-20-,30-28-,31-29-,36-34-,37-35-,69-66+. The number of hydrogen-bond acceptors (Lipinski definition) is 6. The van der Waals surface area contributed by atoms with Gasteiger partial charge in [0.2, 0.25) is 5.91 Å². The van der Waals surface area contributed by atoms with E-state index in [1.165, 1.54) is 231 Å². The van der Waals surface area contributed by atoms with Gasteiger partial charge in [-0.05, 0) is 109 Å². The van der Waals surface area contributed by atoms with Gasteiger partial charge in [0, 0.05) is 12.8 Å². The van der Waals surface area contributed by atoms with Crippen molar-refractivity contribution in [1.82, 2.24) is 5.32 Å². The van der Waals surface area contributed by atoms with E-state index in [0.717, 1.165) is 83.5 Å². The van der Waals surface area contributed by atoms with Crippen LogP contribution < -0.4 is 5.32 Å². The highest BCUT2D eigenvalue weighted by Crippen LogP contribution is 2.43. The number of ether oxygens (including phenoxy) is 1. The number of nitrogens with zero attached hydrogens (tertiary/aromatic N) is 1. The second-order valence-electron chi connectivity index (χ2n) is 26.5. The summed E-state index contributed by atoms with van der Waals surface area (Å²) >= 11 is 0. The van der Waals surface area contributed by atoms with E-state index >= 15 is 0 Å². The van der Waals surface area contributed by atoms with E-state index in [0.29, 0.717) is 17.4 Å². The van der Waals surface area contributed by atoms with E-state index in [2.05, 4.69) is 99.0 Å². The maximum Gasteiger partial charge on any atom is 0.472 e. The predicted molar refractivity (Wildman–Crippen MR) is 383 cm³/mol. The third-order valence-electron chi connectivity index (χ3n) is 16.6. The third kappa shape index (κ3) is 67.6. The molecule has 0 fully saturated rings. The number of unbranched alkanes of at least 4 members (excludes halogenated alkanes) is 40. The molecule has 2 N–H and O–H groups in total. The van der Waals surface area contributed by atoms with E-state index in [4.69, 9.17) is 13.8 Å². The number of carbonyl (C=O) groups excluding carboxylic acids is 2. The average Bonchev–Trinajstić information content (AvgIpc) is 3.71. The van der Waals surface area contributed by atoms with Crippen LogP contribution in [0.5, 0.6) is 0 Å². The molecule has 3 unspecified atom stereocenters. The molecule has 0 saturated heterocycles. The number of phosphoric ester groups is 1. The highest BCUT2D eigenvalue weighted by atomic mass is 31.2. The zero-order valence-corrected chi connectivity index (χ0v) is 59.6. The van der Waals surface area contributed by atoms with E-state index in [1.54, 1.807) is 0 Å². The Bertz CT molecular complexity index is 1780. The van der Waals surface area contributed by atoms with Crippen LogP contribution in [0, 0.1) is 0 Å². The molecule has 0 aromatic carbocycles. The number of nitrogens with one attached hydrogen (secondary N) is 1. The number of esters is 1. The van der Waals surface area contributed by atoms with E-state index in [9.17, 15) is 19.0 Å². The summed E-state index contributed by atoms with van der Waals surface area (Å²) in [5, 5.41) is 3.08. The van der Waals surface area contributed by atoms with Gasteiger partial charge in [0.25, 0.3) is 0 Å². The minimum absolute atomic E-state index is 0.0379. The van der Waals surface area contributed by atoms with Crippen molar-refractivity contribution in [3.8, 4) is 0 Å².